The van der Waals surface area contributed by atoms with Crippen molar-refractivity contribution in [2.75, 3.05) is 13.6 Å². The van der Waals surface area contributed by atoms with Gasteiger partial charge in [0.05, 0.1) is 5.37 Å². The van der Waals surface area contributed by atoms with Crippen LogP contribution < -0.4 is 5.73 Å². The average molecular weight is 247 g/mol. The van der Waals surface area contributed by atoms with Crippen molar-refractivity contribution in [3.63, 3.8) is 0 Å². The summed E-state index contributed by atoms with van der Waals surface area (Å²) < 4.78 is 0. The number of halogens is 1. The monoisotopic (exact) mass is 246 g/mol. The molecule has 1 aliphatic carbocycles. The molecule has 1 saturated heterocycles. The van der Waals surface area contributed by atoms with Crippen LogP contribution in [0.4, 0.5) is 0 Å². The summed E-state index contributed by atoms with van der Waals surface area (Å²) in [5.41, 5.74) is 6.74. The number of thioether (sulfide) groups is 1. The molecule has 0 amide bonds. The molecule has 84 valence electrons. The Kier molecular flexibility index (Phi) is 4.25. The minimum atomic E-state index is 0. The van der Waals surface area contributed by atoms with Crippen molar-refractivity contribution in [1.82, 2.24) is 4.90 Å². The van der Waals surface area contributed by atoms with Crippen molar-refractivity contribution < 1.29 is 4.79 Å². The summed E-state index contributed by atoms with van der Waals surface area (Å²) in [5.74, 6) is 0.207. The molecule has 2 N–H and O–H groups in total. The van der Waals surface area contributed by atoms with Gasteiger partial charge in [-0.25, -0.2) is 0 Å². The second-order valence-electron chi connectivity index (χ2n) is 3.53. The van der Waals surface area contributed by atoms with Gasteiger partial charge >= 0.3 is 0 Å². The lowest BCUT2D eigenvalue weighted by molar-refractivity contribution is -0.113. The minimum Gasteiger partial charge on any atom is -0.362 e. The predicted molar refractivity (Wildman–Crippen MR) is 65.9 cm³/mol. The first-order valence-corrected chi connectivity index (χ1v) is 5.65. The van der Waals surface area contributed by atoms with Crippen molar-refractivity contribution in [3.05, 3.63) is 22.8 Å². The Balaban J connectivity index is 0.00000112. The van der Waals surface area contributed by atoms with E-state index in [9.17, 15) is 4.79 Å². The lowest BCUT2D eigenvalue weighted by Gasteiger charge is -2.21. The van der Waals surface area contributed by atoms with Crippen molar-refractivity contribution in [1.29, 1.82) is 0 Å². The maximum atomic E-state index is 11.2. The van der Waals surface area contributed by atoms with E-state index in [2.05, 4.69) is 11.9 Å². The van der Waals surface area contributed by atoms with Crippen LogP contribution in [0.5, 0.6) is 0 Å². The fraction of sp³-hybridized carbons (Fsp3) is 0.500. The molecule has 0 spiro atoms. The molecule has 5 heteroatoms. The molecule has 0 bridgehead atoms. The number of hydrogen-bond acceptors (Lipinski definition) is 4. The standard InChI is InChI=1S/C10H14N2OS.ClH/c1-12-8-3-2-7(13)6-9(8)14-10(12)4-5-11;/h3,6,10H,2,4-5,11H2,1H3;1H. The minimum absolute atomic E-state index is 0. The van der Waals surface area contributed by atoms with Crippen LogP contribution in [-0.4, -0.2) is 29.6 Å². The third-order valence-electron chi connectivity index (χ3n) is 2.53. The zero-order valence-corrected chi connectivity index (χ0v) is 10.2. The van der Waals surface area contributed by atoms with Crippen LogP contribution in [0.2, 0.25) is 0 Å². The summed E-state index contributed by atoms with van der Waals surface area (Å²) in [7, 11) is 2.07. The number of ketones is 1. The van der Waals surface area contributed by atoms with E-state index in [1.165, 1.54) is 5.70 Å². The third-order valence-corrected chi connectivity index (χ3v) is 3.93. The molecule has 15 heavy (non-hydrogen) atoms. The summed E-state index contributed by atoms with van der Waals surface area (Å²) in [6.45, 7) is 0.691. The number of hydrogen-bond donors (Lipinski definition) is 1. The lowest BCUT2D eigenvalue weighted by atomic mass is 10.1. The highest BCUT2D eigenvalue weighted by Gasteiger charge is 2.31. The van der Waals surface area contributed by atoms with Gasteiger partial charge in [0, 0.05) is 24.1 Å². The topological polar surface area (TPSA) is 46.3 Å². The van der Waals surface area contributed by atoms with Crippen LogP contribution in [0.3, 0.4) is 0 Å². The van der Waals surface area contributed by atoms with E-state index in [1.54, 1.807) is 17.8 Å². The Hall–Kier alpha value is -0.450. The highest BCUT2D eigenvalue weighted by atomic mass is 35.5. The van der Waals surface area contributed by atoms with Crippen LogP contribution in [0.1, 0.15) is 12.8 Å². The van der Waals surface area contributed by atoms with Gasteiger partial charge in [0.25, 0.3) is 0 Å². The van der Waals surface area contributed by atoms with Crippen LogP contribution in [0.25, 0.3) is 0 Å². The summed E-state index contributed by atoms with van der Waals surface area (Å²) in [6.07, 6.45) is 5.28. The van der Waals surface area contributed by atoms with E-state index in [4.69, 9.17) is 5.73 Å². The highest BCUT2D eigenvalue weighted by Crippen LogP contribution is 2.43. The SMILES string of the molecule is CN1C2=CCC(=O)C=C2SC1CCN.Cl. The lowest BCUT2D eigenvalue weighted by Crippen LogP contribution is -2.25. The molecule has 3 nitrogen and oxygen atoms in total. The normalized spacial score (nSPS) is 24.3. The fourth-order valence-electron chi connectivity index (χ4n) is 1.77. The first kappa shape index (κ1) is 12.6. The third kappa shape index (κ3) is 2.38. The first-order valence-electron chi connectivity index (χ1n) is 4.77. The molecule has 1 unspecified atom stereocenters. The molecular weight excluding hydrogens is 232 g/mol. The van der Waals surface area contributed by atoms with E-state index in [0.717, 1.165) is 11.3 Å². The molecule has 2 rings (SSSR count). The van der Waals surface area contributed by atoms with Gasteiger partial charge in [0.2, 0.25) is 0 Å². The Morgan fingerprint density at radius 2 is 2.40 bits per heavy atom. The molecule has 1 heterocycles. The Morgan fingerprint density at radius 1 is 1.67 bits per heavy atom. The largest absolute Gasteiger partial charge is 0.362 e. The van der Waals surface area contributed by atoms with E-state index in [0.29, 0.717) is 18.3 Å². The quantitative estimate of drug-likeness (QED) is 0.802. The molecule has 0 saturated carbocycles. The van der Waals surface area contributed by atoms with Crippen LogP contribution in [-0.2, 0) is 4.79 Å². The number of rotatable bonds is 2. The van der Waals surface area contributed by atoms with Gasteiger partial charge in [-0.05, 0) is 19.0 Å². The highest BCUT2D eigenvalue weighted by molar-refractivity contribution is 8.04. The number of fused-ring (bicyclic) bond motifs is 1. The van der Waals surface area contributed by atoms with Crippen LogP contribution in [0, 0.1) is 0 Å². The zero-order valence-electron chi connectivity index (χ0n) is 8.60. The molecule has 2 aliphatic rings. The number of likely N-dealkylation sites (N-methyl/N-ethyl adjacent to an activating group) is 1. The summed E-state index contributed by atoms with van der Waals surface area (Å²) in [5, 5.41) is 0.406. The fourth-order valence-corrected chi connectivity index (χ4v) is 3.13. The Labute approximate surface area is 100 Å². The molecule has 1 fully saturated rings. The van der Waals surface area contributed by atoms with Gasteiger partial charge in [-0.2, -0.15) is 0 Å². The second-order valence-corrected chi connectivity index (χ2v) is 4.75. The van der Waals surface area contributed by atoms with Gasteiger partial charge < -0.3 is 10.6 Å². The smallest absolute Gasteiger partial charge is 0.160 e. The van der Waals surface area contributed by atoms with Crippen molar-refractivity contribution in [2.45, 2.75) is 18.2 Å². The summed E-state index contributed by atoms with van der Waals surface area (Å²) >= 11 is 1.75. The first-order chi connectivity index (χ1) is 6.72. The second kappa shape index (κ2) is 5.05. The van der Waals surface area contributed by atoms with Gasteiger partial charge in [-0.15, -0.1) is 12.4 Å². The van der Waals surface area contributed by atoms with Gasteiger partial charge in [-0.3, -0.25) is 4.79 Å². The van der Waals surface area contributed by atoms with Crippen molar-refractivity contribution in [3.8, 4) is 0 Å². The predicted octanol–water partition coefficient (Wildman–Crippen LogP) is 1.50. The van der Waals surface area contributed by atoms with Gasteiger partial charge in [0.15, 0.2) is 5.78 Å². The number of allylic oxidation sites excluding steroid dienone is 2. The van der Waals surface area contributed by atoms with Gasteiger partial charge in [-0.1, -0.05) is 17.8 Å². The maximum absolute atomic E-state index is 11.2. The number of nitrogens with zero attached hydrogens (tertiary/aromatic N) is 1. The molecule has 0 aromatic carbocycles. The van der Waals surface area contributed by atoms with Crippen LogP contribution in [0.15, 0.2) is 22.8 Å². The molecule has 0 radical (unpaired) electrons. The number of carbonyl (C=O) groups excluding carboxylic acids is 1. The molecule has 1 atom stereocenters. The Morgan fingerprint density at radius 3 is 3.07 bits per heavy atom. The van der Waals surface area contributed by atoms with Crippen LogP contribution >= 0.6 is 24.2 Å². The van der Waals surface area contributed by atoms with Gasteiger partial charge in [0.1, 0.15) is 0 Å². The van der Waals surface area contributed by atoms with Crippen molar-refractivity contribution >= 4 is 30.0 Å². The van der Waals surface area contributed by atoms with E-state index in [-0.39, 0.29) is 18.2 Å². The van der Waals surface area contributed by atoms with E-state index in [1.807, 2.05) is 6.08 Å². The molecule has 1 aliphatic heterocycles. The summed E-state index contributed by atoms with van der Waals surface area (Å²) in [4.78, 5) is 14.5. The van der Waals surface area contributed by atoms with E-state index < -0.39 is 0 Å². The molecular formula is C10H15ClN2OS. The summed E-state index contributed by atoms with van der Waals surface area (Å²) in [6, 6.07) is 0. The molecule has 0 aromatic rings. The molecule has 0 aromatic heterocycles. The maximum Gasteiger partial charge on any atom is 0.160 e. The van der Waals surface area contributed by atoms with Crippen molar-refractivity contribution in [2.24, 2.45) is 5.73 Å². The average Bonchev–Trinajstić information content (AvgIpc) is 2.44. The number of carbonyl (C=O) groups is 1. The zero-order chi connectivity index (χ0) is 10.1. The Bertz CT molecular complexity index is 327. The van der Waals surface area contributed by atoms with E-state index >= 15 is 0 Å². The number of nitrogens with two attached hydrogens (primary N) is 1.